The minimum atomic E-state index is 0.753. The van der Waals surface area contributed by atoms with Gasteiger partial charge >= 0.3 is 0 Å². The Kier molecular flexibility index (Phi) is 7.14. The molecule has 1 fully saturated rings. The molecule has 1 aliphatic rings. The summed E-state index contributed by atoms with van der Waals surface area (Å²) >= 11 is 0. The van der Waals surface area contributed by atoms with E-state index in [0.29, 0.717) is 0 Å². The van der Waals surface area contributed by atoms with E-state index >= 15 is 0 Å². The molecule has 17 heavy (non-hydrogen) atoms. The van der Waals surface area contributed by atoms with Crippen molar-refractivity contribution in [3.05, 3.63) is 0 Å². The van der Waals surface area contributed by atoms with Crippen molar-refractivity contribution in [2.24, 2.45) is 23.7 Å². The highest BCUT2D eigenvalue weighted by molar-refractivity contribution is 4.80. The van der Waals surface area contributed by atoms with Crippen LogP contribution in [0.3, 0.4) is 0 Å². The van der Waals surface area contributed by atoms with Crippen LogP contribution in [0.1, 0.15) is 47.0 Å². The predicted octanol–water partition coefficient (Wildman–Crippen LogP) is 3.32. The average molecular weight is 241 g/mol. The lowest BCUT2D eigenvalue weighted by Crippen LogP contribution is -2.36. The Morgan fingerprint density at radius 1 is 1.24 bits per heavy atom. The Morgan fingerprint density at radius 3 is 2.65 bits per heavy atom. The highest BCUT2D eigenvalue weighted by Crippen LogP contribution is 2.33. The summed E-state index contributed by atoms with van der Waals surface area (Å²) in [5, 5.41) is 3.62. The Bertz CT molecular complexity index is 193. The maximum atomic E-state index is 5.65. The lowest BCUT2D eigenvalue weighted by Gasteiger charge is -2.35. The molecule has 0 heterocycles. The first kappa shape index (κ1) is 15.0. The Balaban J connectivity index is 2.32. The average Bonchev–Trinajstić information content (AvgIpc) is 2.28. The van der Waals surface area contributed by atoms with Crippen LogP contribution in [0.15, 0.2) is 0 Å². The van der Waals surface area contributed by atoms with E-state index in [9.17, 15) is 0 Å². The first-order chi connectivity index (χ1) is 8.13. The third kappa shape index (κ3) is 5.87. The van der Waals surface area contributed by atoms with Crippen LogP contribution in [0, 0.1) is 23.7 Å². The van der Waals surface area contributed by atoms with Gasteiger partial charge < -0.3 is 10.1 Å². The molecule has 2 heteroatoms. The second kappa shape index (κ2) is 8.10. The highest BCUT2D eigenvalue weighted by Gasteiger charge is 2.28. The van der Waals surface area contributed by atoms with E-state index in [2.05, 4.69) is 33.0 Å². The molecule has 2 nitrogen and oxygen atoms in total. The van der Waals surface area contributed by atoms with E-state index < -0.39 is 0 Å². The molecule has 0 aromatic rings. The first-order valence-corrected chi connectivity index (χ1v) is 7.41. The standard InChI is InChI=1S/C15H31NO/c1-5-17-11-15-8-13(4)6-7-14(15)10-16-9-12(2)3/h12-16H,5-11H2,1-4H3. The summed E-state index contributed by atoms with van der Waals surface area (Å²) in [7, 11) is 0. The number of rotatable bonds is 7. The van der Waals surface area contributed by atoms with Crippen LogP contribution in [0.25, 0.3) is 0 Å². The quantitative estimate of drug-likeness (QED) is 0.738. The first-order valence-electron chi connectivity index (χ1n) is 7.41. The highest BCUT2D eigenvalue weighted by atomic mass is 16.5. The van der Waals surface area contributed by atoms with Gasteiger partial charge in [0.2, 0.25) is 0 Å². The van der Waals surface area contributed by atoms with Crippen molar-refractivity contribution in [1.82, 2.24) is 5.32 Å². The third-order valence-electron chi connectivity index (χ3n) is 3.90. The fraction of sp³-hybridized carbons (Fsp3) is 1.00. The summed E-state index contributed by atoms with van der Waals surface area (Å²) in [4.78, 5) is 0. The molecule has 1 aliphatic carbocycles. The third-order valence-corrected chi connectivity index (χ3v) is 3.90. The van der Waals surface area contributed by atoms with Crippen LogP contribution in [0.4, 0.5) is 0 Å². The zero-order chi connectivity index (χ0) is 12.7. The molecule has 102 valence electrons. The Labute approximate surface area is 108 Å². The minimum absolute atomic E-state index is 0.753. The smallest absolute Gasteiger partial charge is 0.0497 e. The molecule has 0 saturated heterocycles. The molecule has 3 unspecified atom stereocenters. The molecule has 0 amide bonds. The van der Waals surface area contributed by atoms with E-state index in [-0.39, 0.29) is 0 Å². The number of hydrogen-bond donors (Lipinski definition) is 1. The van der Waals surface area contributed by atoms with E-state index in [0.717, 1.165) is 43.4 Å². The summed E-state index contributed by atoms with van der Waals surface area (Å²) < 4.78 is 5.65. The van der Waals surface area contributed by atoms with Crippen molar-refractivity contribution in [2.45, 2.75) is 47.0 Å². The van der Waals surface area contributed by atoms with E-state index in [1.165, 1.54) is 25.8 Å². The Hall–Kier alpha value is -0.0800. The molecule has 0 aromatic heterocycles. The fourth-order valence-electron chi connectivity index (χ4n) is 2.86. The monoisotopic (exact) mass is 241 g/mol. The molecular formula is C15H31NO. The van der Waals surface area contributed by atoms with Gasteiger partial charge in [-0.15, -0.1) is 0 Å². The van der Waals surface area contributed by atoms with Crippen LogP contribution in [0.2, 0.25) is 0 Å². The van der Waals surface area contributed by atoms with Crippen molar-refractivity contribution < 1.29 is 4.74 Å². The summed E-state index contributed by atoms with van der Waals surface area (Å²) in [5.74, 6) is 3.25. The molecule has 1 saturated carbocycles. The molecular weight excluding hydrogens is 210 g/mol. The van der Waals surface area contributed by atoms with E-state index in [4.69, 9.17) is 4.74 Å². The van der Waals surface area contributed by atoms with Gasteiger partial charge in [0, 0.05) is 13.2 Å². The SMILES string of the molecule is CCOCC1CC(C)CCC1CNCC(C)C. The van der Waals surface area contributed by atoms with Crippen molar-refractivity contribution in [2.75, 3.05) is 26.3 Å². The van der Waals surface area contributed by atoms with Gasteiger partial charge in [0.25, 0.3) is 0 Å². The molecule has 0 bridgehead atoms. The molecule has 0 radical (unpaired) electrons. The van der Waals surface area contributed by atoms with Crippen molar-refractivity contribution >= 4 is 0 Å². The number of hydrogen-bond acceptors (Lipinski definition) is 2. The van der Waals surface area contributed by atoms with Gasteiger partial charge in [-0.05, 0) is 56.5 Å². The molecule has 0 aromatic carbocycles. The lowest BCUT2D eigenvalue weighted by molar-refractivity contribution is 0.0533. The van der Waals surface area contributed by atoms with Crippen LogP contribution in [-0.2, 0) is 4.74 Å². The number of ether oxygens (including phenoxy) is 1. The van der Waals surface area contributed by atoms with Crippen molar-refractivity contribution in [3.8, 4) is 0 Å². The molecule has 1 rings (SSSR count). The normalized spacial score (nSPS) is 29.8. The largest absolute Gasteiger partial charge is 0.381 e. The summed E-state index contributed by atoms with van der Waals surface area (Å²) in [6, 6.07) is 0. The predicted molar refractivity (Wildman–Crippen MR) is 74.2 cm³/mol. The van der Waals surface area contributed by atoms with Gasteiger partial charge in [0.15, 0.2) is 0 Å². The zero-order valence-corrected chi connectivity index (χ0v) is 12.2. The second-order valence-corrected chi connectivity index (χ2v) is 6.15. The van der Waals surface area contributed by atoms with Crippen molar-refractivity contribution in [1.29, 1.82) is 0 Å². The Morgan fingerprint density at radius 2 is 2.00 bits per heavy atom. The van der Waals surface area contributed by atoms with Gasteiger partial charge in [-0.25, -0.2) is 0 Å². The minimum Gasteiger partial charge on any atom is -0.381 e. The number of nitrogens with one attached hydrogen (secondary N) is 1. The van der Waals surface area contributed by atoms with Crippen LogP contribution >= 0.6 is 0 Å². The fourth-order valence-corrected chi connectivity index (χ4v) is 2.86. The van der Waals surface area contributed by atoms with E-state index in [1.807, 2.05) is 0 Å². The molecule has 0 aliphatic heterocycles. The van der Waals surface area contributed by atoms with Gasteiger partial charge in [0.1, 0.15) is 0 Å². The van der Waals surface area contributed by atoms with Crippen molar-refractivity contribution in [3.63, 3.8) is 0 Å². The van der Waals surface area contributed by atoms with E-state index in [1.54, 1.807) is 0 Å². The molecule has 3 atom stereocenters. The summed E-state index contributed by atoms with van der Waals surface area (Å²) in [5.41, 5.74) is 0. The molecule has 1 N–H and O–H groups in total. The second-order valence-electron chi connectivity index (χ2n) is 6.15. The van der Waals surface area contributed by atoms with Gasteiger partial charge in [0.05, 0.1) is 0 Å². The van der Waals surface area contributed by atoms with Gasteiger partial charge in [-0.2, -0.15) is 0 Å². The summed E-state index contributed by atoms with van der Waals surface area (Å²) in [6.07, 6.45) is 4.13. The van der Waals surface area contributed by atoms with Crippen LogP contribution in [-0.4, -0.2) is 26.3 Å². The maximum absolute atomic E-state index is 5.65. The molecule has 0 spiro atoms. The van der Waals surface area contributed by atoms with Gasteiger partial charge in [-0.1, -0.05) is 27.2 Å². The zero-order valence-electron chi connectivity index (χ0n) is 12.2. The van der Waals surface area contributed by atoms with Crippen LogP contribution in [0.5, 0.6) is 0 Å². The van der Waals surface area contributed by atoms with Gasteiger partial charge in [-0.3, -0.25) is 0 Å². The lowest BCUT2D eigenvalue weighted by atomic mass is 9.75. The summed E-state index contributed by atoms with van der Waals surface area (Å²) in [6.45, 7) is 13.2. The topological polar surface area (TPSA) is 21.3 Å². The van der Waals surface area contributed by atoms with Crippen LogP contribution < -0.4 is 5.32 Å². The maximum Gasteiger partial charge on any atom is 0.0497 e.